The Morgan fingerprint density at radius 2 is 2.00 bits per heavy atom. The zero-order valence-electron chi connectivity index (χ0n) is 13.6. The zero-order chi connectivity index (χ0) is 17.2. The third-order valence-corrected chi connectivity index (χ3v) is 5.03. The van der Waals surface area contributed by atoms with Gasteiger partial charge in [0.2, 0.25) is 5.91 Å². The number of piperidine rings is 2. The van der Waals surface area contributed by atoms with E-state index in [9.17, 15) is 18.0 Å². The van der Waals surface area contributed by atoms with Gasteiger partial charge in [0, 0.05) is 36.8 Å². The molecule has 0 spiro atoms. The molecule has 2 saturated heterocycles. The third-order valence-electron chi connectivity index (χ3n) is 5.03. The lowest BCUT2D eigenvalue weighted by atomic mass is 9.91. The zero-order valence-corrected chi connectivity index (χ0v) is 13.6. The Kier molecular flexibility index (Phi) is 5.12. The van der Waals surface area contributed by atoms with Crippen molar-refractivity contribution < 1.29 is 18.0 Å². The molecule has 5 nitrogen and oxygen atoms in total. The highest BCUT2D eigenvalue weighted by Gasteiger charge is 2.36. The molecule has 1 atom stereocenters. The molecule has 0 aromatic carbocycles. The molecule has 0 aliphatic carbocycles. The van der Waals surface area contributed by atoms with Crippen LogP contribution < -0.4 is 0 Å². The van der Waals surface area contributed by atoms with Crippen molar-refractivity contribution in [3.05, 3.63) is 18.0 Å². The number of amides is 1. The van der Waals surface area contributed by atoms with Crippen LogP contribution in [-0.2, 0) is 4.79 Å². The molecule has 0 saturated carbocycles. The number of rotatable bonds is 3. The number of halogens is 3. The lowest BCUT2D eigenvalue weighted by Gasteiger charge is -2.37. The summed E-state index contributed by atoms with van der Waals surface area (Å²) in [6.45, 7) is 1.22. The third kappa shape index (κ3) is 4.28. The maximum Gasteiger partial charge on any atom is 0.401 e. The molecule has 134 valence electrons. The van der Waals surface area contributed by atoms with Crippen LogP contribution in [0.1, 0.15) is 37.3 Å². The molecule has 2 aliphatic rings. The molecule has 0 radical (unpaired) electrons. The van der Waals surface area contributed by atoms with E-state index in [2.05, 4.69) is 10.2 Å². The number of H-pyrrole nitrogens is 1. The lowest BCUT2D eigenvalue weighted by molar-refractivity contribution is -0.151. The first-order valence-corrected chi connectivity index (χ1v) is 8.49. The standard InChI is InChI=1S/C16H23F3N4O/c17-16(18,19)11-22-8-4-12(5-9-22)15(24)23-7-1-2-13(10-23)14-3-6-20-21-14/h3,6,12-13H,1-2,4-5,7-11H2,(H,20,21). The highest BCUT2D eigenvalue weighted by Crippen LogP contribution is 2.29. The van der Waals surface area contributed by atoms with E-state index in [1.54, 1.807) is 6.20 Å². The van der Waals surface area contributed by atoms with Gasteiger partial charge in [-0.05, 0) is 44.8 Å². The number of nitrogens with one attached hydrogen (secondary N) is 1. The summed E-state index contributed by atoms with van der Waals surface area (Å²) in [5.41, 5.74) is 1.05. The Labute approximate surface area is 139 Å². The highest BCUT2D eigenvalue weighted by molar-refractivity contribution is 5.79. The summed E-state index contributed by atoms with van der Waals surface area (Å²) in [6.07, 6.45) is 0.548. The van der Waals surface area contributed by atoms with Gasteiger partial charge < -0.3 is 4.90 Å². The Morgan fingerprint density at radius 3 is 2.62 bits per heavy atom. The van der Waals surface area contributed by atoms with Crippen LogP contribution in [0, 0.1) is 5.92 Å². The molecule has 1 unspecified atom stereocenters. The van der Waals surface area contributed by atoms with Crippen molar-refractivity contribution in [1.82, 2.24) is 20.0 Å². The monoisotopic (exact) mass is 344 g/mol. The van der Waals surface area contributed by atoms with Gasteiger partial charge in [-0.2, -0.15) is 18.3 Å². The molecule has 2 aliphatic heterocycles. The van der Waals surface area contributed by atoms with Crippen LogP contribution in [0.25, 0.3) is 0 Å². The number of carbonyl (C=O) groups is 1. The molecule has 0 bridgehead atoms. The minimum absolute atomic E-state index is 0.103. The van der Waals surface area contributed by atoms with E-state index in [1.165, 1.54) is 4.90 Å². The van der Waals surface area contributed by atoms with Gasteiger partial charge in [-0.1, -0.05) is 0 Å². The minimum atomic E-state index is -4.17. The lowest BCUT2D eigenvalue weighted by Crippen LogP contribution is -2.47. The van der Waals surface area contributed by atoms with Gasteiger partial charge in [0.15, 0.2) is 0 Å². The van der Waals surface area contributed by atoms with E-state index in [0.717, 1.165) is 25.1 Å². The number of aromatic amines is 1. The number of aromatic nitrogens is 2. The summed E-state index contributed by atoms with van der Waals surface area (Å²) in [5, 5.41) is 6.94. The van der Waals surface area contributed by atoms with Gasteiger partial charge in [0.05, 0.1) is 6.54 Å². The van der Waals surface area contributed by atoms with Crippen LogP contribution in [0.5, 0.6) is 0 Å². The van der Waals surface area contributed by atoms with Crippen LogP contribution in [0.3, 0.4) is 0 Å². The van der Waals surface area contributed by atoms with Gasteiger partial charge in [0.1, 0.15) is 0 Å². The van der Waals surface area contributed by atoms with Gasteiger partial charge in [-0.3, -0.25) is 14.8 Å². The first kappa shape index (κ1) is 17.3. The number of nitrogens with zero attached hydrogens (tertiary/aromatic N) is 3. The van der Waals surface area contributed by atoms with E-state index >= 15 is 0 Å². The fourth-order valence-corrected chi connectivity index (χ4v) is 3.77. The van der Waals surface area contributed by atoms with Crippen LogP contribution in [-0.4, -0.2) is 64.8 Å². The SMILES string of the molecule is O=C(C1CCN(CC(F)(F)F)CC1)N1CCCC(c2ccn[nH]2)C1. The summed E-state index contributed by atoms with van der Waals surface area (Å²) in [7, 11) is 0. The van der Waals surface area contributed by atoms with Gasteiger partial charge in [-0.25, -0.2) is 0 Å². The molecular weight excluding hydrogens is 321 g/mol. The van der Waals surface area contributed by atoms with Crippen molar-refractivity contribution >= 4 is 5.91 Å². The molecule has 3 rings (SSSR count). The predicted molar refractivity (Wildman–Crippen MR) is 82.4 cm³/mol. The smallest absolute Gasteiger partial charge is 0.342 e. The van der Waals surface area contributed by atoms with Crippen molar-refractivity contribution in [2.24, 2.45) is 5.92 Å². The maximum atomic E-state index is 12.7. The van der Waals surface area contributed by atoms with Crippen molar-refractivity contribution in [1.29, 1.82) is 0 Å². The van der Waals surface area contributed by atoms with E-state index in [1.807, 2.05) is 11.0 Å². The van der Waals surface area contributed by atoms with Gasteiger partial charge in [0.25, 0.3) is 0 Å². The van der Waals surface area contributed by atoms with E-state index in [0.29, 0.717) is 32.5 Å². The predicted octanol–water partition coefficient (Wildman–Crippen LogP) is 2.39. The molecular formula is C16H23F3N4O. The molecule has 1 aromatic heterocycles. The molecule has 2 fully saturated rings. The fourth-order valence-electron chi connectivity index (χ4n) is 3.77. The Hall–Kier alpha value is -1.57. The Bertz CT molecular complexity index is 538. The van der Waals surface area contributed by atoms with Crippen LogP contribution in [0.2, 0.25) is 0 Å². The van der Waals surface area contributed by atoms with Crippen molar-refractivity contribution in [3.8, 4) is 0 Å². The minimum Gasteiger partial charge on any atom is -0.342 e. The maximum absolute atomic E-state index is 12.7. The first-order chi connectivity index (χ1) is 11.4. The number of carbonyl (C=O) groups excluding carboxylic acids is 1. The summed E-state index contributed by atoms with van der Waals surface area (Å²) < 4.78 is 37.3. The van der Waals surface area contributed by atoms with E-state index in [-0.39, 0.29) is 17.7 Å². The van der Waals surface area contributed by atoms with Crippen molar-refractivity contribution in [2.45, 2.75) is 37.8 Å². The summed E-state index contributed by atoms with van der Waals surface area (Å²) in [6, 6.07) is 1.94. The Balaban J connectivity index is 1.52. The Morgan fingerprint density at radius 1 is 1.25 bits per heavy atom. The second-order valence-corrected chi connectivity index (χ2v) is 6.80. The molecule has 3 heterocycles. The van der Waals surface area contributed by atoms with Gasteiger partial charge in [-0.15, -0.1) is 0 Å². The topological polar surface area (TPSA) is 52.2 Å². The van der Waals surface area contributed by atoms with E-state index in [4.69, 9.17) is 0 Å². The first-order valence-electron chi connectivity index (χ1n) is 8.49. The van der Waals surface area contributed by atoms with Crippen molar-refractivity contribution in [2.75, 3.05) is 32.7 Å². The normalized spacial score (nSPS) is 24.3. The van der Waals surface area contributed by atoms with Crippen LogP contribution >= 0.6 is 0 Å². The average Bonchev–Trinajstić information content (AvgIpc) is 3.08. The molecule has 24 heavy (non-hydrogen) atoms. The quantitative estimate of drug-likeness (QED) is 0.916. The second kappa shape index (κ2) is 7.13. The molecule has 1 aromatic rings. The summed E-state index contributed by atoms with van der Waals surface area (Å²) in [4.78, 5) is 16.0. The van der Waals surface area contributed by atoms with Crippen molar-refractivity contribution in [3.63, 3.8) is 0 Å². The van der Waals surface area contributed by atoms with E-state index < -0.39 is 12.7 Å². The highest BCUT2D eigenvalue weighted by atomic mass is 19.4. The molecule has 8 heteroatoms. The number of hydrogen-bond acceptors (Lipinski definition) is 3. The fraction of sp³-hybridized carbons (Fsp3) is 0.750. The second-order valence-electron chi connectivity index (χ2n) is 6.80. The summed E-state index contributed by atoms with van der Waals surface area (Å²) in [5.74, 6) is 0.233. The summed E-state index contributed by atoms with van der Waals surface area (Å²) >= 11 is 0. The van der Waals surface area contributed by atoms with Crippen LogP contribution in [0.15, 0.2) is 12.3 Å². The molecule has 1 N–H and O–H groups in total. The van der Waals surface area contributed by atoms with Gasteiger partial charge >= 0.3 is 6.18 Å². The number of likely N-dealkylation sites (tertiary alicyclic amines) is 2. The number of hydrogen-bond donors (Lipinski definition) is 1. The average molecular weight is 344 g/mol. The van der Waals surface area contributed by atoms with Crippen LogP contribution in [0.4, 0.5) is 13.2 Å². The molecule has 1 amide bonds. The largest absolute Gasteiger partial charge is 0.401 e. The number of alkyl halides is 3.